The van der Waals surface area contributed by atoms with E-state index >= 15 is 0 Å². The summed E-state index contributed by atoms with van der Waals surface area (Å²) in [5, 5.41) is 11.7. The fraction of sp³-hybridized carbons (Fsp3) is 0.125. The summed E-state index contributed by atoms with van der Waals surface area (Å²) >= 11 is 0. The maximum Gasteiger partial charge on any atom is 0.409 e. The highest BCUT2D eigenvalue weighted by Crippen LogP contribution is 2.00. The first kappa shape index (κ1) is 8.64. The Labute approximate surface area is 78.8 Å². The van der Waals surface area contributed by atoms with Crippen LogP contribution < -0.4 is 21.8 Å². The fourth-order valence-corrected chi connectivity index (χ4v) is 1.26. The summed E-state index contributed by atoms with van der Waals surface area (Å²) in [4.78, 5) is 18.3. The molecule has 14 heavy (non-hydrogen) atoms. The maximum atomic E-state index is 10.4. The minimum atomic E-state index is -1.57. The minimum Gasteiger partial charge on any atom is -0.465 e. The van der Waals surface area contributed by atoms with Crippen LogP contribution >= 0.6 is 0 Å². The van der Waals surface area contributed by atoms with Gasteiger partial charge in [0.2, 0.25) is 0 Å². The lowest BCUT2D eigenvalue weighted by atomic mass is 10.3. The van der Waals surface area contributed by atoms with Crippen molar-refractivity contribution in [2.75, 3.05) is 0 Å². The van der Waals surface area contributed by atoms with Gasteiger partial charge in [-0.3, -0.25) is 11.1 Å². The standard InChI is InChI=1S/C8H8N4O2/c9-8(12-7(13)14)10-5-3-1-2-4-6(5)11-8/h1-4,12H,9H2,(H,13,14). The van der Waals surface area contributed by atoms with E-state index in [4.69, 9.17) is 10.8 Å². The smallest absolute Gasteiger partial charge is 0.409 e. The van der Waals surface area contributed by atoms with Crippen molar-refractivity contribution in [3.05, 3.63) is 35.0 Å². The van der Waals surface area contributed by atoms with E-state index in [1.54, 1.807) is 24.3 Å². The third-order valence-electron chi connectivity index (χ3n) is 1.75. The van der Waals surface area contributed by atoms with Crippen LogP contribution in [0.3, 0.4) is 0 Å². The van der Waals surface area contributed by atoms with Crippen LogP contribution in [0.5, 0.6) is 0 Å². The maximum absolute atomic E-state index is 10.4. The number of nitrogens with zero attached hydrogens (tertiary/aromatic N) is 2. The van der Waals surface area contributed by atoms with E-state index in [1.807, 2.05) is 5.32 Å². The number of amides is 1. The summed E-state index contributed by atoms with van der Waals surface area (Å²) < 4.78 is 0. The molecule has 0 unspecified atom stereocenters. The molecule has 1 aromatic rings. The van der Waals surface area contributed by atoms with Gasteiger partial charge >= 0.3 is 6.09 Å². The number of carbonyl (C=O) groups is 1. The number of fused-ring (bicyclic) bond motifs is 1. The molecule has 4 N–H and O–H groups in total. The van der Waals surface area contributed by atoms with Gasteiger partial charge in [0.1, 0.15) is 0 Å². The largest absolute Gasteiger partial charge is 0.465 e. The second-order valence-corrected chi connectivity index (χ2v) is 2.87. The topological polar surface area (TPSA) is 100 Å². The van der Waals surface area contributed by atoms with Crippen LogP contribution in [0.2, 0.25) is 0 Å². The van der Waals surface area contributed by atoms with Gasteiger partial charge in [0.25, 0.3) is 5.91 Å². The Morgan fingerprint density at radius 1 is 1.36 bits per heavy atom. The first-order valence-corrected chi connectivity index (χ1v) is 3.94. The van der Waals surface area contributed by atoms with Crippen LogP contribution in [0, 0.1) is 0 Å². The van der Waals surface area contributed by atoms with Gasteiger partial charge in [-0.2, -0.15) is 0 Å². The van der Waals surface area contributed by atoms with Crippen LogP contribution in [-0.4, -0.2) is 17.1 Å². The highest BCUT2D eigenvalue weighted by molar-refractivity contribution is 5.65. The normalized spacial score (nSPS) is 16.4. The molecule has 1 aliphatic rings. The molecule has 1 aliphatic heterocycles. The van der Waals surface area contributed by atoms with Crippen molar-refractivity contribution < 1.29 is 9.90 Å². The van der Waals surface area contributed by atoms with E-state index < -0.39 is 12.0 Å². The quantitative estimate of drug-likeness (QED) is 0.486. The second kappa shape index (κ2) is 2.78. The Morgan fingerprint density at radius 2 is 1.86 bits per heavy atom. The van der Waals surface area contributed by atoms with E-state index in [1.165, 1.54) is 0 Å². The van der Waals surface area contributed by atoms with Gasteiger partial charge < -0.3 is 5.11 Å². The zero-order chi connectivity index (χ0) is 10.2. The molecule has 6 heteroatoms. The third-order valence-corrected chi connectivity index (χ3v) is 1.75. The van der Waals surface area contributed by atoms with E-state index in [9.17, 15) is 4.79 Å². The molecule has 1 aromatic carbocycles. The number of nitrogens with two attached hydrogens (primary N) is 1. The Kier molecular flexibility index (Phi) is 1.71. The zero-order valence-corrected chi connectivity index (χ0v) is 7.14. The molecule has 0 bridgehead atoms. The Bertz CT molecular complexity index is 461. The Morgan fingerprint density at radius 3 is 2.29 bits per heavy atom. The molecule has 1 heterocycles. The van der Waals surface area contributed by atoms with Crippen molar-refractivity contribution in [1.29, 1.82) is 0 Å². The van der Waals surface area contributed by atoms with Crippen molar-refractivity contribution in [2.45, 2.75) is 5.91 Å². The van der Waals surface area contributed by atoms with Gasteiger partial charge in [-0.1, -0.05) is 12.1 Å². The molecule has 2 rings (SSSR count). The molecule has 72 valence electrons. The molecule has 0 aliphatic carbocycles. The average Bonchev–Trinajstić information content (AvgIpc) is 2.38. The third kappa shape index (κ3) is 1.42. The summed E-state index contributed by atoms with van der Waals surface area (Å²) in [5.41, 5.74) is 5.58. The van der Waals surface area contributed by atoms with E-state index in [-0.39, 0.29) is 0 Å². The van der Waals surface area contributed by atoms with Crippen LogP contribution in [0.1, 0.15) is 0 Å². The molecule has 0 radical (unpaired) electrons. The lowest BCUT2D eigenvalue weighted by Gasteiger charge is -2.15. The molecular weight excluding hydrogens is 184 g/mol. The summed E-state index contributed by atoms with van der Waals surface area (Å²) in [6.45, 7) is 0. The van der Waals surface area contributed by atoms with Crippen molar-refractivity contribution >= 4 is 6.09 Å². The van der Waals surface area contributed by atoms with Gasteiger partial charge in [0.15, 0.2) is 0 Å². The summed E-state index contributed by atoms with van der Waals surface area (Å²) in [7, 11) is 0. The highest BCUT2D eigenvalue weighted by atomic mass is 16.4. The Hall–Kier alpha value is -1.95. The lowest BCUT2D eigenvalue weighted by Crippen LogP contribution is -2.52. The Balaban J connectivity index is 2.48. The van der Waals surface area contributed by atoms with E-state index in [0.717, 1.165) is 0 Å². The van der Waals surface area contributed by atoms with Gasteiger partial charge in [0, 0.05) is 0 Å². The number of hydrogen-bond donors (Lipinski definition) is 3. The molecule has 0 saturated heterocycles. The van der Waals surface area contributed by atoms with E-state index in [2.05, 4.69) is 9.98 Å². The fourth-order valence-electron chi connectivity index (χ4n) is 1.26. The van der Waals surface area contributed by atoms with Crippen molar-refractivity contribution in [2.24, 2.45) is 15.7 Å². The highest BCUT2D eigenvalue weighted by Gasteiger charge is 2.27. The van der Waals surface area contributed by atoms with Crippen molar-refractivity contribution in [3.63, 3.8) is 0 Å². The molecule has 0 aromatic heterocycles. The van der Waals surface area contributed by atoms with E-state index in [0.29, 0.717) is 10.7 Å². The zero-order valence-electron chi connectivity index (χ0n) is 7.14. The predicted octanol–water partition coefficient (Wildman–Crippen LogP) is -1.22. The second-order valence-electron chi connectivity index (χ2n) is 2.87. The summed E-state index contributed by atoms with van der Waals surface area (Å²) in [6, 6.07) is 7.00. The SMILES string of the molecule is NC1(NC(=O)O)N=c2ccccc2=N1. The number of carboxylic acid groups (broad SMARTS) is 1. The van der Waals surface area contributed by atoms with Crippen molar-refractivity contribution in [1.82, 2.24) is 5.32 Å². The van der Waals surface area contributed by atoms with Gasteiger partial charge in [-0.05, 0) is 12.1 Å². The van der Waals surface area contributed by atoms with Gasteiger partial charge in [-0.15, -0.1) is 0 Å². The number of para-hydroxylation sites is 2. The summed E-state index contributed by atoms with van der Waals surface area (Å²) in [6.07, 6.45) is -1.26. The molecular formula is C8H8N4O2. The predicted molar refractivity (Wildman–Crippen MR) is 46.8 cm³/mol. The molecule has 6 nitrogen and oxygen atoms in total. The monoisotopic (exact) mass is 192 g/mol. The van der Waals surface area contributed by atoms with Crippen LogP contribution in [-0.2, 0) is 0 Å². The molecule has 0 saturated carbocycles. The number of hydrogen-bond acceptors (Lipinski definition) is 4. The lowest BCUT2D eigenvalue weighted by molar-refractivity contribution is 0.180. The first-order chi connectivity index (χ1) is 6.59. The minimum absolute atomic E-state index is 0.587. The molecule has 0 fully saturated rings. The van der Waals surface area contributed by atoms with Crippen LogP contribution in [0.4, 0.5) is 4.79 Å². The molecule has 0 atom stereocenters. The van der Waals surface area contributed by atoms with Crippen LogP contribution in [0.15, 0.2) is 34.3 Å². The number of nitrogens with one attached hydrogen (secondary N) is 1. The molecule has 1 amide bonds. The van der Waals surface area contributed by atoms with Gasteiger partial charge in [0.05, 0.1) is 10.7 Å². The van der Waals surface area contributed by atoms with Crippen LogP contribution in [0.25, 0.3) is 0 Å². The number of rotatable bonds is 1. The first-order valence-electron chi connectivity index (χ1n) is 3.94. The molecule has 0 spiro atoms. The van der Waals surface area contributed by atoms with Gasteiger partial charge in [-0.25, -0.2) is 14.8 Å². The van der Waals surface area contributed by atoms with Crippen molar-refractivity contribution in [3.8, 4) is 0 Å². The average molecular weight is 192 g/mol. The number of benzene rings is 1. The summed E-state index contributed by atoms with van der Waals surface area (Å²) in [5.74, 6) is -1.57.